The number of ether oxygens (including phenoxy) is 1. The molecule has 0 aliphatic carbocycles. The second kappa shape index (κ2) is 5.84. The highest BCUT2D eigenvalue weighted by Gasteiger charge is 2.44. The van der Waals surface area contributed by atoms with Crippen LogP contribution >= 0.6 is 7.82 Å². The first-order valence-corrected chi connectivity index (χ1v) is 8.23. The fourth-order valence-corrected chi connectivity index (χ4v) is 2.89. The van der Waals surface area contributed by atoms with Gasteiger partial charge in [-0.3, -0.25) is 4.52 Å². The van der Waals surface area contributed by atoms with Crippen LogP contribution in [-0.2, 0) is 13.8 Å². The number of nitrogens with zero attached hydrogens (tertiary/aromatic N) is 2. The zero-order chi connectivity index (χ0) is 16.8. The van der Waals surface area contributed by atoms with Crippen molar-refractivity contribution in [1.82, 2.24) is 9.55 Å². The van der Waals surface area contributed by atoms with Gasteiger partial charge in [0.15, 0.2) is 6.23 Å². The maximum Gasteiger partial charge on any atom is 0.469 e. The number of aliphatic hydroxyl groups excluding tert-OH is 2. The van der Waals surface area contributed by atoms with E-state index in [0.717, 1.165) is 0 Å². The molecule has 23 heavy (non-hydrogen) atoms. The molecule has 0 bridgehead atoms. The molecule has 1 fully saturated rings. The molecule has 10 nitrogen and oxygen atoms in total. The third-order valence-corrected chi connectivity index (χ3v) is 4.15. The number of aliphatic hydroxyl groups is 2. The molecular formula is C12H16N3O7P. The van der Waals surface area contributed by atoms with Gasteiger partial charge in [-0.25, -0.2) is 9.55 Å². The summed E-state index contributed by atoms with van der Waals surface area (Å²) in [5, 5.41) is 20.8. The van der Waals surface area contributed by atoms with Gasteiger partial charge in [0.25, 0.3) is 0 Å². The molecule has 0 saturated carbocycles. The number of rotatable bonds is 4. The smallest absolute Gasteiger partial charge is 0.398 e. The zero-order valence-electron chi connectivity index (χ0n) is 11.8. The van der Waals surface area contributed by atoms with Gasteiger partial charge in [0.1, 0.15) is 24.0 Å². The molecule has 1 unspecified atom stereocenters. The van der Waals surface area contributed by atoms with E-state index in [0.29, 0.717) is 16.7 Å². The number of anilines is 1. The minimum Gasteiger partial charge on any atom is -0.398 e. The van der Waals surface area contributed by atoms with Crippen molar-refractivity contribution in [3.05, 3.63) is 24.5 Å². The van der Waals surface area contributed by atoms with E-state index >= 15 is 0 Å². The average molecular weight is 345 g/mol. The van der Waals surface area contributed by atoms with Crippen LogP contribution in [0.2, 0.25) is 0 Å². The van der Waals surface area contributed by atoms with Gasteiger partial charge in [0.2, 0.25) is 0 Å². The Morgan fingerprint density at radius 1 is 1.35 bits per heavy atom. The summed E-state index contributed by atoms with van der Waals surface area (Å²) in [6.07, 6.45) is -1.67. The van der Waals surface area contributed by atoms with Gasteiger partial charge in [-0.15, -0.1) is 0 Å². The average Bonchev–Trinajstić information content (AvgIpc) is 3.01. The second-order valence-electron chi connectivity index (χ2n) is 5.19. The maximum absolute atomic E-state index is 10.7. The van der Waals surface area contributed by atoms with Gasteiger partial charge in [-0.05, 0) is 12.1 Å². The Bertz CT molecular complexity index is 760. The second-order valence-corrected chi connectivity index (χ2v) is 6.43. The third-order valence-electron chi connectivity index (χ3n) is 3.67. The lowest BCUT2D eigenvalue weighted by Crippen LogP contribution is -2.33. The van der Waals surface area contributed by atoms with Crippen molar-refractivity contribution in [1.29, 1.82) is 0 Å². The van der Waals surface area contributed by atoms with Gasteiger partial charge >= 0.3 is 7.82 Å². The molecule has 1 saturated heterocycles. The van der Waals surface area contributed by atoms with Crippen LogP contribution in [0.25, 0.3) is 11.0 Å². The molecule has 1 aliphatic heterocycles. The fraction of sp³-hybridized carbons (Fsp3) is 0.417. The van der Waals surface area contributed by atoms with E-state index in [1.807, 2.05) is 0 Å². The number of phosphoric ester groups is 1. The Labute approximate surface area is 130 Å². The van der Waals surface area contributed by atoms with E-state index in [2.05, 4.69) is 9.51 Å². The standard InChI is InChI=1S/C12H16N3O7P/c13-7-1-3-14-11-6(7)2-4-15(11)12-10(17)9(16)8(22-12)5-21-23(18,19)20/h1-4,8-10,12,16-17H,5H2,(H2,13,14)(H2,18,19,20)/t8-,9-,10-,12?/m1/s1. The minimum absolute atomic E-state index is 0.456. The van der Waals surface area contributed by atoms with E-state index < -0.39 is 39.0 Å². The predicted molar refractivity (Wildman–Crippen MR) is 78.1 cm³/mol. The van der Waals surface area contributed by atoms with Crippen molar-refractivity contribution in [2.75, 3.05) is 12.3 Å². The van der Waals surface area contributed by atoms with Crippen LogP contribution in [0.4, 0.5) is 5.69 Å². The number of pyridine rings is 1. The maximum atomic E-state index is 10.7. The number of aromatic nitrogens is 2. The molecule has 0 radical (unpaired) electrons. The first-order valence-electron chi connectivity index (χ1n) is 6.70. The molecule has 126 valence electrons. The lowest BCUT2D eigenvalue weighted by Gasteiger charge is -2.17. The molecule has 0 amide bonds. The van der Waals surface area contributed by atoms with Crippen LogP contribution in [0, 0.1) is 0 Å². The van der Waals surface area contributed by atoms with Gasteiger partial charge in [-0.2, -0.15) is 0 Å². The van der Waals surface area contributed by atoms with Gasteiger partial charge in [0, 0.05) is 23.5 Å². The summed E-state index contributed by atoms with van der Waals surface area (Å²) in [5.41, 5.74) is 6.80. The third kappa shape index (κ3) is 3.10. The van der Waals surface area contributed by atoms with E-state index in [-0.39, 0.29) is 0 Å². The van der Waals surface area contributed by atoms with Crippen molar-refractivity contribution in [2.45, 2.75) is 24.5 Å². The molecule has 1 aliphatic rings. The number of hydrogen-bond acceptors (Lipinski definition) is 7. The molecular weight excluding hydrogens is 329 g/mol. The van der Waals surface area contributed by atoms with E-state index in [9.17, 15) is 14.8 Å². The summed E-state index contributed by atoms with van der Waals surface area (Å²) in [6, 6.07) is 3.32. The largest absolute Gasteiger partial charge is 0.469 e. The molecule has 6 N–H and O–H groups in total. The molecule has 4 atom stereocenters. The van der Waals surface area contributed by atoms with Gasteiger partial charge in [0.05, 0.1) is 6.61 Å². The Morgan fingerprint density at radius 2 is 2.09 bits per heavy atom. The minimum atomic E-state index is -4.70. The van der Waals surface area contributed by atoms with Crippen LogP contribution in [-0.4, -0.2) is 54.5 Å². The highest BCUT2D eigenvalue weighted by atomic mass is 31.2. The predicted octanol–water partition coefficient (Wildman–Crippen LogP) is -0.653. The quantitative estimate of drug-likeness (QED) is 0.453. The Hall–Kier alpha value is -1.52. The van der Waals surface area contributed by atoms with Crippen LogP contribution in [0.1, 0.15) is 6.23 Å². The van der Waals surface area contributed by atoms with Crippen LogP contribution < -0.4 is 5.73 Å². The van der Waals surface area contributed by atoms with Crippen molar-refractivity contribution in [3.8, 4) is 0 Å². The highest BCUT2D eigenvalue weighted by Crippen LogP contribution is 2.39. The molecule has 3 rings (SSSR count). The topological polar surface area (TPSA) is 160 Å². The molecule has 2 aromatic heterocycles. The van der Waals surface area contributed by atoms with Crippen molar-refractivity contribution < 1.29 is 33.8 Å². The monoisotopic (exact) mass is 345 g/mol. The Balaban J connectivity index is 1.85. The normalized spacial score (nSPS) is 28.5. The summed E-state index contributed by atoms with van der Waals surface area (Å²) in [6.45, 7) is -0.562. The number of nitrogens with two attached hydrogens (primary N) is 1. The SMILES string of the molecule is Nc1ccnc2c1ccn2C1O[C@H](COP(=O)(O)O)[C@@H](O)[C@H]1O. The van der Waals surface area contributed by atoms with Crippen LogP contribution in [0.3, 0.4) is 0 Å². The lowest BCUT2D eigenvalue weighted by atomic mass is 10.1. The summed E-state index contributed by atoms with van der Waals surface area (Å²) >= 11 is 0. The van der Waals surface area contributed by atoms with E-state index in [1.54, 1.807) is 18.3 Å². The first-order chi connectivity index (χ1) is 10.8. The number of hydrogen-bond donors (Lipinski definition) is 5. The van der Waals surface area contributed by atoms with Gasteiger partial charge in [-0.1, -0.05) is 0 Å². The van der Waals surface area contributed by atoms with Crippen LogP contribution in [0.15, 0.2) is 24.5 Å². The molecule has 11 heteroatoms. The van der Waals surface area contributed by atoms with E-state index in [1.165, 1.54) is 10.8 Å². The summed E-state index contributed by atoms with van der Waals surface area (Å²) in [7, 11) is -4.70. The number of phosphoric acid groups is 1. The van der Waals surface area contributed by atoms with Gasteiger partial charge < -0.3 is 35.0 Å². The van der Waals surface area contributed by atoms with Crippen molar-refractivity contribution in [3.63, 3.8) is 0 Å². The summed E-state index contributed by atoms with van der Waals surface area (Å²) in [4.78, 5) is 21.6. The Kier molecular flexibility index (Phi) is 4.15. The molecule has 0 spiro atoms. The molecule has 2 aromatic rings. The first kappa shape index (κ1) is 16.3. The zero-order valence-corrected chi connectivity index (χ0v) is 12.7. The molecule has 3 heterocycles. The van der Waals surface area contributed by atoms with E-state index in [4.69, 9.17) is 20.3 Å². The van der Waals surface area contributed by atoms with Crippen molar-refractivity contribution in [2.24, 2.45) is 0 Å². The number of nitrogen functional groups attached to an aromatic ring is 1. The highest BCUT2D eigenvalue weighted by molar-refractivity contribution is 7.46. The van der Waals surface area contributed by atoms with Crippen molar-refractivity contribution >= 4 is 24.5 Å². The molecule has 0 aromatic carbocycles. The summed E-state index contributed by atoms with van der Waals surface area (Å²) < 4.78 is 22.1. The Morgan fingerprint density at radius 3 is 2.78 bits per heavy atom. The lowest BCUT2D eigenvalue weighted by molar-refractivity contribution is -0.0501. The fourth-order valence-electron chi connectivity index (χ4n) is 2.55. The summed E-state index contributed by atoms with van der Waals surface area (Å²) in [5.74, 6) is 0. The van der Waals surface area contributed by atoms with Crippen LogP contribution in [0.5, 0.6) is 0 Å². The number of fused-ring (bicyclic) bond motifs is 1.